The fourth-order valence-electron chi connectivity index (χ4n) is 0.891. The van der Waals surface area contributed by atoms with Crippen molar-refractivity contribution in [2.75, 3.05) is 13.6 Å². The van der Waals surface area contributed by atoms with E-state index >= 15 is 0 Å². The first-order chi connectivity index (χ1) is 10.2. The van der Waals surface area contributed by atoms with E-state index in [1.807, 2.05) is 0 Å². The average Bonchev–Trinajstić information content (AvgIpc) is 2.36. The monoisotopic (exact) mass is 340 g/mol. The van der Waals surface area contributed by atoms with E-state index in [0.717, 1.165) is 5.82 Å². The molecule has 0 radical (unpaired) electrons. The van der Waals surface area contributed by atoms with Crippen LogP contribution in [0.2, 0.25) is 0 Å². The maximum atomic E-state index is 12.0. The van der Waals surface area contributed by atoms with E-state index in [0.29, 0.717) is 0 Å². The average molecular weight is 340 g/mol. The van der Waals surface area contributed by atoms with Gasteiger partial charge < -0.3 is 18.9 Å². The molecule has 0 rings (SSSR count). The highest BCUT2D eigenvalue weighted by atomic mass is 31.2. The second-order valence-electron chi connectivity index (χ2n) is 4.34. The van der Waals surface area contributed by atoms with Crippen LogP contribution in [0, 0.1) is 0 Å². The molecule has 10 heteroatoms. The molecule has 0 aliphatic heterocycles. The lowest BCUT2D eigenvalue weighted by molar-refractivity contribution is -0.0286. The van der Waals surface area contributed by atoms with Crippen molar-refractivity contribution in [2.45, 2.75) is 39.9 Å². The van der Waals surface area contributed by atoms with Crippen LogP contribution in [0.15, 0.2) is 12.4 Å². The zero-order valence-corrected chi connectivity index (χ0v) is 13.9. The quantitative estimate of drug-likeness (QED) is 0.354. The van der Waals surface area contributed by atoms with E-state index in [4.69, 9.17) is 9.05 Å². The Morgan fingerprint density at radius 3 is 1.59 bits per heavy atom. The van der Waals surface area contributed by atoms with E-state index in [1.165, 1.54) is 0 Å². The van der Waals surface area contributed by atoms with E-state index in [2.05, 4.69) is 25.5 Å². The van der Waals surface area contributed by atoms with Gasteiger partial charge in [-0.3, -0.25) is 13.6 Å². The normalized spacial score (nSPS) is 11.2. The molecule has 0 bridgehead atoms. The molecule has 0 N–H and O–H groups in total. The lowest BCUT2D eigenvalue weighted by atomic mass is 10.5. The minimum Gasteiger partial charge on any atom is -0.432 e. The summed E-state index contributed by atoms with van der Waals surface area (Å²) in [6.45, 7) is 8.45. The van der Waals surface area contributed by atoms with Crippen molar-refractivity contribution in [3.05, 3.63) is 12.4 Å². The summed E-state index contributed by atoms with van der Waals surface area (Å²) in [6.07, 6.45) is -2.70. The molecule has 0 saturated carbocycles. The molecule has 0 aromatic rings. The standard InChI is InChI=1S/C12H21O9P/c1-6-22(15,18-7-16-11(13)20-9(2)3)19-8-17-12(14)21-10(4)5/h6,9-10H,1,7-8H2,2-5H3. The summed E-state index contributed by atoms with van der Waals surface area (Å²) in [5.74, 6) is 0.876. The van der Waals surface area contributed by atoms with Gasteiger partial charge in [0.2, 0.25) is 13.6 Å². The second kappa shape index (κ2) is 10.2. The highest BCUT2D eigenvalue weighted by molar-refractivity contribution is 7.57. The molecule has 128 valence electrons. The van der Waals surface area contributed by atoms with Gasteiger partial charge in [-0.25, -0.2) is 9.59 Å². The van der Waals surface area contributed by atoms with Crippen LogP contribution >= 0.6 is 7.60 Å². The van der Waals surface area contributed by atoms with Crippen LogP contribution < -0.4 is 0 Å². The van der Waals surface area contributed by atoms with Crippen molar-refractivity contribution in [3.8, 4) is 0 Å². The molecule has 0 aromatic heterocycles. The van der Waals surface area contributed by atoms with Crippen LogP contribution in [0.25, 0.3) is 0 Å². The third kappa shape index (κ3) is 10.2. The van der Waals surface area contributed by atoms with Crippen LogP contribution in [-0.2, 0) is 32.6 Å². The minimum absolute atomic E-state index is 0.365. The number of ether oxygens (including phenoxy) is 4. The van der Waals surface area contributed by atoms with Gasteiger partial charge in [0.1, 0.15) is 0 Å². The third-order valence-electron chi connectivity index (χ3n) is 1.71. The summed E-state index contributed by atoms with van der Waals surface area (Å²) in [7, 11) is -3.78. The Hall–Kier alpha value is -1.57. The largest absolute Gasteiger partial charge is 0.510 e. The summed E-state index contributed by atoms with van der Waals surface area (Å²) < 4.78 is 39.8. The summed E-state index contributed by atoms with van der Waals surface area (Å²) in [5.41, 5.74) is 0. The Bertz CT molecular complexity index is 387. The van der Waals surface area contributed by atoms with Crippen LogP contribution in [0.1, 0.15) is 27.7 Å². The minimum atomic E-state index is -3.78. The van der Waals surface area contributed by atoms with Crippen LogP contribution in [0.4, 0.5) is 9.59 Å². The van der Waals surface area contributed by atoms with Gasteiger partial charge >= 0.3 is 19.9 Å². The van der Waals surface area contributed by atoms with Gasteiger partial charge in [-0.15, -0.1) is 0 Å². The molecule has 0 amide bonds. The molecule has 0 unspecified atom stereocenters. The smallest absolute Gasteiger partial charge is 0.432 e. The molecule has 0 saturated heterocycles. The number of rotatable bonds is 9. The van der Waals surface area contributed by atoms with E-state index < -0.39 is 33.5 Å². The van der Waals surface area contributed by atoms with Crippen molar-refractivity contribution in [3.63, 3.8) is 0 Å². The molecule has 0 heterocycles. The predicted octanol–water partition coefficient (Wildman–Crippen LogP) is 3.39. The predicted molar refractivity (Wildman–Crippen MR) is 75.1 cm³/mol. The summed E-state index contributed by atoms with van der Waals surface area (Å²) >= 11 is 0. The van der Waals surface area contributed by atoms with Gasteiger partial charge in [0.15, 0.2) is 0 Å². The fraction of sp³-hybridized carbons (Fsp3) is 0.667. The maximum Gasteiger partial charge on any atom is 0.510 e. The van der Waals surface area contributed by atoms with Crippen molar-refractivity contribution in [2.24, 2.45) is 0 Å². The molecule has 0 aromatic carbocycles. The first-order valence-electron chi connectivity index (χ1n) is 6.37. The lowest BCUT2D eigenvalue weighted by Crippen LogP contribution is -2.16. The van der Waals surface area contributed by atoms with Gasteiger partial charge in [-0.05, 0) is 27.7 Å². The second-order valence-corrected chi connectivity index (χ2v) is 6.30. The number of carbonyl (C=O) groups is 2. The molecule has 0 atom stereocenters. The maximum absolute atomic E-state index is 12.0. The molecular weight excluding hydrogens is 319 g/mol. The van der Waals surface area contributed by atoms with Crippen molar-refractivity contribution in [1.29, 1.82) is 0 Å². The van der Waals surface area contributed by atoms with Crippen LogP contribution in [0.3, 0.4) is 0 Å². The summed E-state index contributed by atoms with van der Waals surface area (Å²) in [5, 5.41) is 0. The van der Waals surface area contributed by atoms with Crippen LogP contribution in [0.5, 0.6) is 0 Å². The van der Waals surface area contributed by atoms with Gasteiger partial charge in [-0.1, -0.05) is 6.58 Å². The van der Waals surface area contributed by atoms with Crippen molar-refractivity contribution in [1.82, 2.24) is 0 Å². The first-order valence-corrected chi connectivity index (χ1v) is 7.99. The molecule has 0 spiro atoms. The highest BCUT2D eigenvalue weighted by Crippen LogP contribution is 2.49. The Labute approximate surface area is 129 Å². The highest BCUT2D eigenvalue weighted by Gasteiger charge is 2.22. The zero-order chi connectivity index (χ0) is 17.2. The molecule has 22 heavy (non-hydrogen) atoms. The number of hydrogen-bond donors (Lipinski definition) is 0. The molecule has 9 nitrogen and oxygen atoms in total. The number of carbonyl (C=O) groups excluding carboxylic acids is 2. The summed E-state index contributed by atoms with van der Waals surface area (Å²) in [4.78, 5) is 22.1. The Kier molecular flexibility index (Phi) is 9.48. The Balaban J connectivity index is 4.09. The van der Waals surface area contributed by atoms with Crippen LogP contribution in [-0.4, -0.2) is 38.1 Å². The fourth-order valence-corrected chi connectivity index (χ4v) is 1.58. The van der Waals surface area contributed by atoms with Crippen molar-refractivity contribution >= 4 is 19.9 Å². The molecular formula is C12H21O9P. The molecule has 0 aliphatic carbocycles. The van der Waals surface area contributed by atoms with E-state index in [1.54, 1.807) is 27.7 Å². The molecule has 0 aliphatic rings. The summed E-state index contributed by atoms with van der Waals surface area (Å²) in [6, 6.07) is 0. The first kappa shape index (κ1) is 20.4. The SMILES string of the molecule is C=CP(=O)(OCOC(=O)OC(C)C)OCOC(=O)OC(C)C. The van der Waals surface area contributed by atoms with E-state index in [-0.39, 0.29) is 12.2 Å². The zero-order valence-electron chi connectivity index (χ0n) is 13.0. The molecule has 0 fully saturated rings. The topological polar surface area (TPSA) is 107 Å². The van der Waals surface area contributed by atoms with Crippen molar-refractivity contribution < 1.29 is 42.1 Å². The lowest BCUT2D eigenvalue weighted by Gasteiger charge is -2.15. The Morgan fingerprint density at radius 1 is 0.955 bits per heavy atom. The number of hydrogen-bond acceptors (Lipinski definition) is 9. The van der Waals surface area contributed by atoms with E-state index in [9.17, 15) is 14.2 Å². The van der Waals surface area contributed by atoms with Gasteiger partial charge in [0.25, 0.3) is 0 Å². The van der Waals surface area contributed by atoms with Gasteiger partial charge in [0, 0.05) is 5.82 Å². The van der Waals surface area contributed by atoms with Gasteiger partial charge in [0.05, 0.1) is 12.2 Å². The van der Waals surface area contributed by atoms with Gasteiger partial charge in [-0.2, -0.15) is 0 Å². The third-order valence-corrected chi connectivity index (χ3v) is 3.08. The Morgan fingerprint density at radius 2 is 1.32 bits per heavy atom.